The van der Waals surface area contributed by atoms with Gasteiger partial charge in [0.1, 0.15) is 6.17 Å². The van der Waals surface area contributed by atoms with Gasteiger partial charge >= 0.3 is 5.69 Å². The van der Waals surface area contributed by atoms with Gasteiger partial charge in [-0.15, -0.1) is 5.10 Å². The van der Waals surface area contributed by atoms with Crippen molar-refractivity contribution in [2.75, 3.05) is 12.3 Å². The van der Waals surface area contributed by atoms with E-state index in [1.54, 1.807) is 0 Å². The van der Waals surface area contributed by atoms with Gasteiger partial charge in [-0.2, -0.15) is 0 Å². The number of rotatable bonds is 4. The first kappa shape index (κ1) is 20.3. The highest BCUT2D eigenvalue weighted by molar-refractivity contribution is 5.90. The van der Waals surface area contributed by atoms with Crippen LogP contribution in [0.5, 0.6) is 0 Å². The minimum Gasteiger partial charge on any atom is -0.369 e. The van der Waals surface area contributed by atoms with Crippen molar-refractivity contribution in [1.82, 2.24) is 29.5 Å². The number of aryl methyl sites for hydroxylation is 2. The number of alkyl halides is 1. The van der Waals surface area contributed by atoms with Crippen LogP contribution >= 0.6 is 0 Å². The van der Waals surface area contributed by atoms with Crippen LogP contribution in [0.25, 0.3) is 28.0 Å². The minimum atomic E-state index is -0.914. The number of nitrogens with zero attached hydrogens (tertiary/aromatic N) is 5. The predicted molar refractivity (Wildman–Crippen MR) is 121 cm³/mol. The maximum absolute atomic E-state index is 13.6. The molecule has 4 aromatic rings. The van der Waals surface area contributed by atoms with Crippen LogP contribution in [0.4, 0.5) is 10.3 Å². The molecule has 1 fully saturated rings. The molecule has 164 valence electrons. The van der Waals surface area contributed by atoms with Gasteiger partial charge in [0.25, 0.3) is 0 Å². The first-order chi connectivity index (χ1) is 15.4. The van der Waals surface area contributed by atoms with E-state index in [1.165, 1.54) is 9.08 Å². The maximum Gasteiger partial charge on any atom is 0.353 e. The molecule has 0 aliphatic carbocycles. The minimum absolute atomic E-state index is 0.0594. The van der Waals surface area contributed by atoms with Crippen LogP contribution in [-0.4, -0.2) is 42.9 Å². The van der Waals surface area contributed by atoms with E-state index in [9.17, 15) is 9.18 Å². The quantitative estimate of drug-likeness (QED) is 0.513. The molecule has 2 atom stereocenters. The summed E-state index contributed by atoms with van der Waals surface area (Å²) in [5.74, 6) is 0.0594. The van der Waals surface area contributed by atoms with Crippen LogP contribution in [0, 0.1) is 13.8 Å². The lowest BCUT2D eigenvalue weighted by atomic mass is 9.99. The summed E-state index contributed by atoms with van der Waals surface area (Å²) < 4.78 is 16.3. The maximum atomic E-state index is 13.6. The zero-order chi connectivity index (χ0) is 22.4. The molecule has 4 heterocycles. The summed E-state index contributed by atoms with van der Waals surface area (Å²) in [6, 6.07) is 13.4. The highest BCUT2D eigenvalue weighted by Gasteiger charge is 2.27. The van der Waals surface area contributed by atoms with Crippen molar-refractivity contribution in [3.63, 3.8) is 0 Å². The largest absolute Gasteiger partial charge is 0.369 e. The molecular weight excluding hydrogens is 409 g/mol. The number of nitrogen functional groups attached to an aromatic ring is 1. The summed E-state index contributed by atoms with van der Waals surface area (Å²) in [6.45, 7) is 4.39. The second kappa shape index (κ2) is 7.83. The van der Waals surface area contributed by atoms with Crippen molar-refractivity contribution in [1.29, 1.82) is 0 Å². The van der Waals surface area contributed by atoms with E-state index in [2.05, 4.69) is 20.4 Å². The SMILES string of the molecule is Cc1cc(-c2c(-c3ccccc3)nc(N)n3c(=O)n(C[C@H]4C[C@@H](F)CN4)nc23)cc(C)n1. The Balaban J connectivity index is 1.78. The lowest BCUT2D eigenvalue weighted by Gasteiger charge is -2.13. The number of halogens is 1. The summed E-state index contributed by atoms with van der Waals surface area (Å²) in [4.78, 5) is 22.3. The lowest BCUT2D eigenvalue weighted by Crippen LogP contribution is -2.33. The van der Waals surface area contributed by atoms with E-state index in [0.29, 0.717) is 23.3 Å². The van der Waals surface area contributed by atoms with E-state index in [4.69, 9.17) is 5.73 Å². The number of hydrogen-bond acceptors (Lipinski definition) is 6. The summed E-state index contributed by atoms with van der Waals surface area (Å²) >= 11 is 0. The van der Waals surface area contributed by atoms with Gasteiger partial charge in [-0.25, -0.2) is 23.3 Å². The van der Waals surface area contributed by atoms with E-state index in [1.807, 2.05) is 56.3 Å². The Labute approximate surface area is 183 Å². The molecule has 3 aromatic heterocycles. The average molecular weight is 433 g/mol. The van der Waals surface area contributed by atoms with Crippen molar-refractivity contribution in [3.8, 4) is 22.4 Å². The summed E-state index contributed by atoms with van der Waals surface area (Å²) in [5.41, 5.74) is 11.0. The first-order valence-electron chi connectivity index (χ1n) is 10.6. The van der Waals surface area contributed by atoms with Crippen LogP contribution in [0.15, 0.2) is 47.3 Å². The number of nitrogens with two attached hydrogens (primary N) is 1. The molecular formula is C23H24FN7O. The lowest BCUT2D eigenvalue weighted by molar-refractivity contribution is 0.349. The van der Waals surface area contributed by atoms with Crippen LogP contribution < -0.4 is 16.7 Å². The highest BCUT2D eigenvalue weighted by Crippen LogP contribution is 2.34. The Hall–Kier alpha value is -3.59. The summed E-state index contributed by atoms with van der Waals surface area (Å²) in [5, 5.41) is 7.75. The number of fused-ring (bicyclic) bond motifs is 1. The molecule has 0 amide bonds. The number of aromatic nitrogens is 5. The molecule has 0 radical (unpaired) electrons. The average Bonchev–Trinajstić information content (AvgIpc) is 3.31. The zero-order valence-electron chi connectivity index (χ0n) is 17.9. The van der Waals surface area contributed by atoms with Gasteiger partial charge in [0.05, 0.1) is 17.8 Å². The fourth-order valence-corrected chi connectivity index (χ4v) is 4.39. The molecule has 32 heavy (non-hydrogen) atoms. The zero-order valence-corrected chi connectivity index (χ0v) is 17.9. The topological polar surface area (TPSA) is 103 Å². The molecule has 3 N–H and O–H groups in total. The first-order valence-corrected chi connectivity index (χ1v) is 10.6. The van der Waals surface area contributed by atoms with Gasteiger partial charge in [-0.1, -0.05) is 30.3 Å². The fraction of sp³-hybridized carbons (Fsp3) is 0.304. The smallest absolute Gasteiger partial charge is 0.353 e. The number of pyridine rings is 1. The molecule has 1 aliphatic heterocycles. The molecule has 0 saturated carbocycles. The molecule has 9 heteroatoms. The van der Waals surface area contributed by atoms with Gasteiger partial charge in [0, 0.05) is 29.5 Å². The molecule has 1 saturated heterocycles. The van der Waals surface area contributed by atoms with Crippen LogP contribution in [0.2, 0.25) is 0 Å². The van der Waals surface area contributed by atoms with Gasteiger partial charge in [-0.05, 0) is 38.0 Å². The fourth-order valence-electron chi connectivity index (χ4n) is 4.39. The molecule has 0 unspecified atom stereocenters. The number of anilines is 1. The third-order valence-electron chi connectivity index (χ3n) is 5.73. The normalized spacial score (nSPS) is 18.5. The molecule has 0 bridgehead atoms. The monoisotopic (exact) mass is 433 g/mol. The number of hydrogen-bond donors (Lipinski definition) is 2. The Morgan fingerprint density at radius 3 is 2.50 bits per heavy atom. The Morgan fingerprint density at radius 2 is 1.84 bits per heavy atom. The summed E-state index contributed by atoms with van der Waals surface area (Å²) in [7, 11) is 0. The molecule has 1 aromatic carbocycles. The van der Waals surface area contributed by atoms with E-state index in [-0.39, 0.29) is 25.1 Å². The molecule has 5 rings (SSSR count). The molecule has 8 nitrogen and oxygen atoms in total. The molecule has 1 aliphatic rings. The van der Waals surface area contributed by atoms with E-state index < -0.39 is 11.9 Å². The number of nitrogens with one attached hydrogen (secondary N) is 1. The highest BCUT2D eigenvalue weighted by atomic mass is 19.1. The van der Waals surface area contributed by atoms with Crippen LogP contribution in [0.3, 0.4) is 0 Å². The van der Waals surface area contributed by atoms with Crippen molar-refractivity contribution >= 4 is 11.6 Å². The van der Waals surface area contributed by atoms with Crippen LogP contribution in [0.1, 0.15) is 17.8 Å². The van der Waals surface area contributed by atoms with Crippen molar-refractivity contribution in [2.24, 2.45) is 0 Å². The van der Waals surface area contributed by atoms with Crippen LogP contribution in [-0.2, 0) is 6.54 Å². The number of benzene rings is 1. The van der Waals surface area contributed by atoms with Crippen molar-refractivity contribution < 1.29 is 4.39 Å². The van der Waals surface area contributed by atoms with E-state index in [0.717, 1.165) is 22.5 Å². The van der Waals surface area contributed by atoms with E-state index >= 15 is 0 Å². The van der Waals surface area contributed by atoms with Gasteiger partial charge in [0.15, 0.2) is 5.65 Å². The standard InChI is InChI=1S/C23H24FN7O/c1-13-8-16(9-14(2)27-13)19-20(15-6-4-3-5-7-15)28-22(25)31-21(19)29-30(23(31)32)12-18-10-17(24)11-26-18/h3-9,17-18,26H,10-12H2,1-2H3,(H2,25,28)/t17-,18-/m1/s1. The van der Waals surface area contributed by atoms with Crippen molar-refractivity contribution in [3.05, 3.63) is 64.3 Å². The molecule has 0 spiro atoms. The third kappa shape index (κ3) is 3.54. The Kier molecular flexibility index (Phi) is 4.97. The van der Waals surface area contributed by atoms with Crippen molar-refractivity contribution in [2.45, 2.75) is 39.0 Å². The Bertz CT molecular complexity index is 1340. The van der Waals surface area contributed by atoms with Gasteiger partial charge in [-0.3, -0.25) is 4.98 Å². The second-order valence-corrected chi connectivity index (χ2v) is 8.26. The predicted octanol–water partition coefficient (Wildman–Crippen LogP) is 2.52. The van der Waals surface area contributed by atoms with Gasteiger partial charge < -0.3 is 11.1 Å². The Morgan fingerprint density at radius 1 is 1.12 bits per heavy atom. The third-order valence-corrected chi connectivity index (χ3v) is 5.73. The summed E-state index contributed by atoms with van der Waals surface area (Å²) in [6.07, 6.45) is -0.568. The second-order valence-electron chi connectivity index (χ2n) is 8.26. The van der Waals surface area contributed by atoms with Gasteiger partial charge in [0.2, 0.25) is 5.95 Å².